The Bertz CT molecular complexity index is 481. The van der Waals surface area contributed by atoms with E-state index in [0.717, 1.165) is 36.2 Å². The first kappa shape index (κ1) is 15.2. The fraction of sp³-hybridized carbons (Fsp3) is 0.500. The summed E-state index contributed by atoms with van der Waals surface area (Å²) in [5.74, 6) is 7.59. The molecule has 3 nitrogen and oxygen atoms in total. The molecule has 0 aliphatic carbocycles. The molecule has 0 aromatic heterocycles. The molecule has 1 N–H and O–H groups in total. The van der Waals surface area contributed by atoms with E-state index in [2.05, 4.69) is 23.7 Å². The van der Waals surface area contributed by atoms with Gasteiger partial charge in [0.2, 0.25) is 0 Å². The molecule has 1 aromatic rings. The number of rotatable bonds is 4. The first-order valence-electron chi connectivity index (χ1n) is 6.94. The molecule has 0 bridgehead atoms. The van der Waals surface area contributed by atoms with E-state index in [1.54, 1.807) is 0 Å². The summed E-state index contributed by atoms with van der Waals surface area (Å²) in [6, 6.07) is 7.70. The molecule has 4 heteroatoms. The summed E-state index contributed by atoms with van der Waals surface area (Å²) in [7, 11) is 0. The molecule has 1 aromatic carbocycles. The van der Waals surface area contributed by atoms with Gasteiger partial charge in [0.05, 0.1) is 0 Å². The Morgan fingerprint density at radius 2 is 2.40 bits per heavy atom. The molecule has 108 valence electrons. The second kappa shape index (κ2) is 8.21. The zero-order valence-electron chi connectivity index (χ0n) is 11.8. The van der Waals surface area contributed by atoms with Crippen LogP contribution in [0.2, 0.25) is 0 Å². The number of hydrogen-bond acceptors (Lipinski definition) is 4. The van der Waals surface area contributed by atoms with Gasteiger partial charge < -0.3 is 9.84 Å². The Hall–Kier alpha value is -1.15. The van der Waals surface area contributed by atoms with Gasteiger partial charge in [0.25, 0.3) is 0 Å². The van der Waals surface area contributed by atoms with Gasteiger partial charge in [-0.1, -0.05) is 24.8 Å². The van der Waals surface area contributed by atoms with Crippen molar-refractivity contribution in [3.8, 4) is 17.6 Å². The Morgan fingerprint density at radius 1 is 1.50 bits per heavy atom. The van der Waals surface area contributed by atoms with Crippen molar-refractivity contribution in [2.75, 3.05) is 38.6 Å². The third-order valence-corrected chi connectivity index (χ3v) is 4.28. The Labute approximate surface area is 125 Å². The minimum atomic E-state index is -0.115. The highest BCUT2D eigenvalue weighted by molar-refractivity contribution is 7.99. The summed E-state index contributed by atoms with van der Waals surface area (Å²) < 4.78 is 5.79. The number of benzene rings is 1. The van der Waals surface area contributed by atoms with Crippen molar-refractivity contribution in [2.24, 2.45) is 0 Å². The van der Waals surface area contributed by atoms with Crippen molar-refractivity contribution < 1.29 is 9.84 Å². The molecule has 0 spiro atoms. The average molecular weight is 291 g/mol. The van der Waals surface area contributed by atoms with E-state index in [-0.39, 0.29) is 6.61 Å². The lowest BCUT2D eigenvalue weighted by Crippen LogP contribution is -2.39. The minimum absolute atomic E-state index is 0.115. The maximum atomic E-state index is 8.69. The Kier molecular flexibility index (Phi) is 6.25. The quantitative estimate of drug-likeness (QED) is 0.858. The lowest BCUT2D eigenvalue weighted by atomic mass is 10.2. The van der Waals surface area contributed by atoms with Gasteiger partial charge in [-0.3, -0.25) is 4.90 Å². The van der Waals surface area contributed by atoms with E-state index >= 15 is 0 Å². The van der Waals surface area contributed by atoms with Crippen molar-refractivity contribution in [2.45, 2.75) is 12.2 Å². The molecule has 0 amide bonds. The van der Waals surface area contributed by atoms with Crippen LogP contribution in [-0.4, -0.2) is 53.9 Å². The van der Waals surface area contributed by atoms with Gasteiger partial charge in [0, 0.05) is 36.2 Å². The van der Waals surface area contributed by atoms with Crippen LogP contribution in [0.1, 0.15) is 12.5 Å². The largest absolute Gasteiger partial charge is 0.492 e. The number of hydrogen-bond donors (Lipinski definition) is 1. The normalized spacial score (nSPS) is 19.2. The highest BCUT2D eigenvalue weighted by Gasteiger charge is 2.15. The molecule has 2 rings (SSSR count). The lowest BCUT2D eigenvalue weighted by Gasteiger charge is -2.30. The summed E-state index contributed by atoms with van der Waals surface area (Å²) in [5.41, 5.74) is 0.875. The fourth-order valence-corrected chi connectivity index (χ4v) is 3.27. The lowest BCUT2D eigenvalue weighted by molar-refractivity contribution is 0.215. The number of ether oxygens (including phenoxy) is 1. The highest BCUT2D eigenvalue weighted by atomic mass is 32.2. The van der Waals surface area contributed by atoms with Crippen LogP contribution < -0.4 is 4.74 Å². The molecule has 1 saturated heterocycles. The Morgan fingerprint density at radius 3 is 3.20 bits per heavy atom. The summed E-state index contributed by atoms with van der Waals surface area (Å²) in [4.78, 5) is 2.45. The van der Waals surface area contributed by atoms with E-state index in [0.29, 0.717) is 6.61 Å². The molecule has 0 radical (unpaired) electrons. The van der Waals surface area contributed by atoms with Gasteiger partial charge >= 0.3 is 0 Å². The first-order chi connectivity index (χ1) is 9.78. The van der Waals surface area contributed by atoms with Crippen LogP contribution in [0.15, 0.2) is 24.3 Å². The van der Waals surface area contributed by atoms with Crippen LogP contribution >= 0.6 is 11.8 Å². The van der Waals surface area contributed by atoms with Crippen LogP contribution in [-0.2, 0) is 0 Å². The van der Waals surface area contributed by atoms with Crippen LogP contribution in [0.25, 0.3) is 0 Å². The van der Waals surface area contributed by atoms with Crippen molar-refractivity contribution in [3.05, 3.63) is 29.8 Å². The zero-order valence-corrected chi connectivity index (χ0v) is 12.7. The molecule has 1 heterocycles. The molecule has 1 aliphatic heterocycles. The molecule has 0 saturated carbocycles. The second-order valence-electron chi connectivity index (χ2n) is 4.82. The van der Waals surface area contributed by atoms with Crippen LogP contribution in [0, 0.1) is 11.8 Å². The van der Waals surface area contributed by atoms with E-state index in [1.807, 2.05) is 36.0 Å². The maximum absolute atomic E-state index is 8.69. The van der Waals surface area contributed by atoms with Crippen molar-refractivity contribution in [1.82, 2.24) is 4.90 Å². The number of aliphatic hydroxyl groups is 1. The summed E-state index contributed by atoms with van der Waals surface area (Å²) >= 11 is 2.04. The van der Waals surface area contributed by atoms with Crippen LogP contribution in [0.3, 0.4) is 0 Å². The molecule has 20 heavy (non-hydrogen) atoms. The Balaban J connectivity index is 1.79. The smallest absolute Gasteiger partial charge is 0.120 e. The van der Waals surface area contributed by atoms with Gasteiger partial charge in [0.15, 0.2) is 0 Å². The monoisotopic (exact) mass is 291 g/mol. The zero-order chi connectivity index (χ0) is 14.2. The summed E-state index contributed by atoms with van der Waals surface area (Å²) in [6.07, 6.45) is 0. The van der Waals surface area contributed by atoms with Crippen molar-refractivity contribution >= 4 is 11.8 Å². The number of thioether (sulfide) groups is 1. The van der Waals surface area contributed by atoms with Crippen LogP contribution in [0.5, 0.6) is 5.75 Å². The average Bonchev–Trinajstić information content (AvgIpc) is 2.46. The summed E-state index contributed by atoms with van der Waals surface area (Å²) in [6.45, 7) is 6.14. The predicted octanol–water partition coefficient (Wildman–Crippen LogP) is 1.85. The van der Waals surface area contributed by atoms with E-state index < -0.39 is 0 Å². The fourth-order valence-electron chi connectivity index (χ4n) is 2.19. The number of nitrogens with zero attached hydrogens (tertiary/aromatic N) is 1. The number of aliphatic hydroxyl groups excluding tert-OH is 1. The standard InChI is InChI=1S/C16H21NO2S/c1-14-13-17(8-11-20-14)7-10-19-16-6-2-4-15(12-16)5-3-9-18/h2,4,6,12,14,18H,7-11,13H2,1H3. The highest BCUT2D eigenvalue weighted by Crippen LogP contribution is 2.17. The maximum Gasteiger partial charge on any atom is 0.120 e. The van der Waals surface area contributed by atoms with Gasteiger partial charge in [0.1, 0.15) is 19.0 Å². The van der Waals surface area contributed by atoms with E-state index in [9.17, 15) is 0 Å². The molecule has 1 atom stereocenters. The molecular formula is C16H21NO2S. The summed E-state index contributed by atoms with van der Waals surface area (Å²) in [5, 5.41) is 9.41. The second-order valence-corrected chi connectivity index (χ2v) is 6.36. The third kappa shape index (κ3) is 5.09. The van der Waals surface area contributed by atoms with Crippen molar-refractivity contribution in [3.63, 3.8) is 0 Å². The SMILES string of the molecule is CC1CN(CCOc2cccc(C#CCO)c2)CCS1. The van der Waals surface area contributed by atoms with Gasteiger partial charge in [-0.25, -0.2) is 0 Å². The molecule has 1 aliphatic rings. The minimum Gasteiger partial charge on any atom is -0.492 e. The van der Waals surface area contributed by atoms with Crippen LogP contribution in [0.4, 0.5) is 0 Å². The topological polar surface area (TPSA) is 32.7 Å². The third-order valence-electron chi connectivity index (χ3n) is 3.15. The predicted molar refractivity (Wildman–Crippen MR) is 84.3 cm³/mol. The molecule has 1 unspecified atom stereocenters. The van der Waals surface area contributed by atoms with Gasteiger partial charge in [-0.2, -0.15) is 11.8 Å². The van der Waals surface area contributed by atoms with Gasteiger partial charge in [-0.15, -0.1) is 0 Å². The van der Waals surface area contributed by atoms with Gasteiger partial charge in [-0.05, 0) is 18.2 Å². The van der Waals surface area contributed by atoms with E-state index in [1.165, 1.54) is 5.75 Å². The molecular weight excluding hydrogens is 270 g/mol. The first-order valence-corrected chi connectivity index (χ1v) is 7.99. The van der Waals surface area contributed by atoms with Crippen molar-refractivity contribution in [1.29, 1.82) is 0 Å². The molecule has 1 fully saturated rings. The van der Waals surface area contributed by atoms with E-state index in [4.69, 9.17) is 9.84 Å².